The standard InChI is InChI=1S/C11H18N2O4.2C10H18N2O3.C9H14N2O3.C9H16N2O3/c1-13-10(15)8-5-11(4-7(8)9(12)14)6-16-2-3-17-11;1-10(5-13)3-6(8(11)14)7(4-10)9(15)12-2;1-3-10(15)4-6(8(11)13)7(5-10)9(14)12-2;1-11-8(13)6-3-9(4-14-9)2-5(6)7(10)12;1-9(14)3-5(7(10)12)6(4-9)8(13)11-2/h7-8H,2-6H2,1H3,(H2,12,14)(H,13,15);6-7,13H,3-5H2,1-2H3,(H2,11,14)(H,12,15);6-7,15H,3-5H2,1-2H3,(H2,11,13)(H,12,14);5-6H,2-4H2,1H3,(H2,10,12)(H,11,13);5-6,14H,3-4H2,1-2H3,(H2,10,12)(H,11,13)/t7-,8-,11?;2*6-,7-,10?;2*5-,6-,9?/m00000/s1/i/hD5. The van der Waals surface area contributed by atoms with Gasteiger partial charge >= 0.3 is 0 Å². The van der Waals surface area contributed by atoms with Gasteiger partial charge in [-0.3, -0.25) is 47.9 Å². The molecule has 7 rings (SSSR count). The lowest BCUT2D eigenvalue weighted by atomic mass is 9.88. The zero-order valence-corrected chi connectivity index (χ0v) is 44.2. The van der Waals surface area contributed by atoms with Gasteiger partial charge in [-0.1, -0.05) is 13.8 Å². The fourth-order valence-electron chi connectivity index (χ4n) is 11.6. The van der Waals surface area contributed by atoms with Gasteiger partial charge in [0.2, 0.25) is 59.1 Å². The Morgan fingerprint density at radius 3 is 1.11 bits per heavy atom. The molecule has 0 aromatic rings. The molecule has 7 fully saturated rings. The van der Waals surface area contributed by atoms with E-state index < -0.39 is 105 Å². The Balaban J connectivity index is 0.000000263. The first-order valence-electron chi connectivity index (χ1n) is 27.7. The van der Waals surface area contributed by atoms with Crippen LogP contribution < -0.4 is 55.2 Å². The minimum Gasteiger partial charge on any atom is -0.396 e. The lowest BCUT2D eigenvalue weighted by Gasteiger charge is -2.33. The molecule has 0 radical (unpaired) electrons. The summed E-state index contributed by atoms with van der Waals surface area (Å²) in [5.41, 5.74) is 5.95. The summed E-state index contributed by atoms with van der Waals surface area (Å²) in [6.45, 7) is 7.27. The Labute approximate surface area is 444 Å². The number of aliphatic hydroxyl groups is 3. The molecule has 2 aliphatic heterocycles. The third-order valence-electron chi connectivity index (χ3n) is 15.9. The highest BCUT2D eigenvalue weighted by molar-refractivity contribution is 5.90. The first kappa shape index (κ1) is 55.7. The number of rotatable bonds is 12. The SMILES string of the molecule is [2H]NC(=O)[C@H]1CC(C)(CO)C[C@@H]1C(=O)NC.[2H]NC(=O)[C@H]1CC(C)(O)C[C@@H]1C(=O)NC.[2H]NC(=O)[C@H]1CC(O)(CC)C[C@@H]1C(=O)NC.[2H]NC(=O)[C@H]1CC2(CO2)C[C@@H]1C(=O)NC.[2H]NC(=O)[C@H]1CC2(COCCO2)C[C@@H]1C(=O)NC. The molecule has 26 heteroatoms. The molecule has 2 saturated heterocycles. The maximum absolute atomic E-state index is 11.8. The van der Waals surface area contributed by atoms with Gasteiger partial charge in [0.1, 0.15) is 0 Å². The fraction of sp³-hybridized carbons (Fsp3) is 0.796. The van der Waals surface area contributed by atoms with Gasteiger partial charge in [0.25, 0.3) is 0 Å². The number of carbonyl (C=O) groups excluding carboxylic acids is 10. The van der Waals surface area contributed by atoms with E-state index in [1.807, 2.05) is 31.0 Å². The summed E-state index contributed by atoms with van der Waals surface area (Å²) in [5, 5.41) is 41.7. The lowest BCUT2D eigenvalue weighted by Crippen LogP contribution is -2.42. The summed E-state index contributed by atoms with van der Waals surface area (Å²) in [4.78, 5) is 115. The van der Waals surface area contributed by atoms with Crippen LogP contribution in [0.3, 0.4) is 0 Å². The van der Waals surface area contributed by atoms with Crippen LogP contribution in [-0.4, -0.2) is 165 Å². The maximum atomic E-state index is 11.8. The smallest absolute Gasteiger partial charge is 0.223 e. The molecule has 2 spiro atoms. The number of hydrogen-bond acceptors (Lipinski definition) is 16. The molecule has 5 aliphatic carbocycles. The van der Waals surface area contributed by atoms with Crippen LogP contribution in [0.1, 0.15) is 91.4 Å². The van der Waals surface area contributed by atoms with Crippen LogP contribution in [-0.2, 0) is 62.2 Å². The molecule has 26 nitrogen and oxygen atoms in total. The Morgan fingerprint density at radius 2 is 0.760 bits per heavy atom. The molecule has 18 N–H and O–H groups in total. The highest BCUT2D eigenvalue weighted by atomic mass is 16.6. The molecule has 10 amide bonds. The molecule has 2 heterocycles. The van der Waals surface area contributed by atoms with E-state index >= 15 is 0 Å². The van der Waals surface area contributed by atoms with E-state index in [1.165, 1.54) is 21.1 Å². The second kappa shape index (κ2) is 26.5. The number of hydrogen-bond donors (Lipinski definition) is 13. The summed E-state index contributed by atoms with van der Waals surface area (Å²) in [6.07, 6.45) is 4.44. The van der Waals surface area contributed by atoms with Crippen molar-refractivity contribution in [2.24, 2.45) is 93.2 Å². The molecule has 426 valence electrons. The number of aliphatic hydroxyl groups excluding tert-OH is 1. The summed E-state index contributed by atoms with van der Waals surface area (Å²) in [7, 11) is 7.61. The monoisotopic (exact) mass is 1070 g/mol. The van der Waals surface area contributed by atoms with Crippen molar-refractivity contribution in [1.82, 2.24) is 26.6 Å². The fourth-order valence-corrected chi connectivity index (χ4v) is 11.6. The lowest BCUT2D eigenvalue weighted by molar-refractivity contribution is -0.157. The Bertz CT molecular complexity index is 1980. The van der Waals surface area contributed by atoms with Crippen LogP contribution in [0.15, 0.2) is 0 Å². The predicted molar refractivity (Wildman–Crippen MR) is 267 cm³/mol. The highest BCUT2D eigenvalue weighted by Gasteiger charge is 2.58. The Kier molecular flexibility index (Phi) is 19.7. The van der Waals surface area contributed by atoms with Crippen LogP contribution in [0.2, 0.25) is 7.06 Å². The average Bonchev–Trinajstić information content (AvgIpc) is 3.86. The Hall–Kier alpha value is -5.54. The number of nitrogens with one attached hydrogen (secondary N) is 5. The number of carbonyl (C=O) groups is 10. The van der Waals surface area contributed by atoms with Crippen molar-refractivity contribution < 1.29 is 84.5 Å². The second-order valence-electron chi connectivity index (χ2n) is 21.6. The highest BCUT2D eigenvalue weighted by Crippen LogP contribution is 2.50. The molecule has 15 atom stereocenters. The van der Waals surface area contributed by atoms with E-state index in [0.717, 1.165) is 0 Å². The molecule has 75 heavy (non-hydrogen) atoms. The molecule has 7 aliphatic rings. The molecular weight excluding hydrogens is 985 g/mol. The zero-order chi connectivity index (χ0) is 60.6. The largest absolute Gasteiger partial charge is 0.396 e. The molecule has 0 aromatic heterocycles. The van der Waals surface area contributed by atoms with Gasteiger partial charge in [0.05, 0.1) is 102 Å². The van der Waals surface area contributed by atoms with Crippen molar-refractivity contribution in [2.75, 3.05) is 68.3 Å². The third-order valence-corrected chi connectivity index (χ3v) is 15.9. The molecule has 5 saturated carbocycles. The van der Waals surface area contributed by atoms with Gasteiger partial charge in [0.15, 0.2) is 7.06 Å². The van der Waals surface area contributed by atoms with E-state index in [1.54, 1.807) is 32.5 Å². The number of primary amides is 5. The van der Waals surface area contributed by atoms with Gasteiger partial charge in [0, 0.05) is 47.8 Å². The number of epoxide rings is 1. The third kappa shape index (κ3) is 16.5. The van der Waals surface area contributed by atoms with Gasteiger partial charge < -0.3 is 84.7 Å². The summed E-state index contributed by atoms with van der Waals surface area (Å²) < 4.78 is 50.7. The normalized spacial score (nSPS) is 37.4. The van der Waals surface area contributed by atoms with E-state index in [2.05, 4.69) is 26.6 Å². The van der Waals surface area contributed by atoms with Crippen molar-refractivity contribution in [1.29, 1.82) is 0 Å². The van der Waals surface area contributed by atoms with Gasteiger partial charge in [-0.25, -0.2) is 0 Å². The zero-order valence-electron chi connectivity index (χ0n) is 49.2. The molecule has 0 aromatic carbocycles. The van der Waals surface area contributed by atoms with Crippen LogP contribution in [0.5, 0.6) is 0 Å². The molecular formula is C49H84N10O16. The Morgan fingerprint density at radius 1 is 0.467 bits per heavy atom. The topological polar surface area (TPSA) is 453 Å². The van der Waals surface area contributed by atoms with Crippen molar-refractivity contribution in [3.05, 3.63) is 0 Å². The molecule has 5 unspecified atom stereocenters. The number of ether oxygens (including phenoxy) is 3. The quantitative estimate of drug-likeness (QED) is 0.0822. The maximum Gasteiger partial charge on any atom is 0.223 e. The summed E-state index contributed by atoms with van der Waals surface area (Å²) in [5.74, 6) is -8.39. The number of amides is 10. The summed E-state index contributed by atoms with van der Waals surface area (Å²) >= 11 is 0. The van der Waals surface area contributed by atoms with E-state index in [4.69, 9.17) is 21.3 Å². The van der Waals surface area contributed by atoms with Gasteiger partial charge in [-0.2, -0.15) is 0 Å². The van der Waals surface area contributed by atoms with Crippen LogP contribution in [0.4, 0.5) is 0 Å². The van der Waals surface area contributed by atoms with E-state index in [-0.39, 0.29) is 73.3 Å². The second-order valence-corrected chi connectivity index (χ2v) is 21.6. The van der Waals surface area contributed by atoms with Crippen LogP contribution >= 0.6 is 0 Å². The minimum atomic E-state index is -1.01. The first-order valence-corrected chi connectivity index (χ1v) is 25.2. The van der Waals surface area contributed by atoms with Crippen molar-refractivity contribution in [3.63, 3.8) is 0 Å². The summed E-state index contributed by atoms with van der Waals surface area (Å²) in [6, 6.07) is 0. The predicted octanol–water partition coefficient (Wildman–Crippen LogP) is -4.34. The molecule has 0 bridgehead atoms. The van der Waals surface area contributed by atoms with Crippen molar-refractivity contribution >= 4 is 59.1 Å². The first-order chi connectivity index (χ1) is 37.6. The van der Waals surface area contributed by atoms with Crippen molar-refractivity contribution in [3.8, 4) is 0 Å². The average molecular weight is 1070 g/mol. The van der Waals surface area contributed by atoms with Gasteiger partial charge in [-0.15, -0.1) is 0 Å². The number of nitrogens with two attached hydrogens (primary N) is 5. The van der Waals surface area contributed by atoms with Crippen molar-refractivity contribution in [2.45, 2.75) is 114 Å². The van der Waals surface area contributed by atoms with E-state index in [9.17, 15) is 63.3 Å². The minimum absolute atomic E-state index is 0.0533. The van der Waals surface area contributed by atoms with Crippen LogP contribution in [0, 0.1) is 64.6 Å². The van der Waals surface area contributed by atoms with Crippen LogP contribution in [0.25, 0.3) is 0 Å². The van der Waals surface area contributed by atoms with Gasteiger partial charge in [-0.05, 0) is 83.0 Å². The van der Waals surface area contributed by atoms with E-state index in [0.29, 0.717) is 71.4 Å².